The molecule has 2 aromatic rings. The molecule has 2 aliphatic heterocycles. The summed E-state index contributed by atoms with van der Waals surface area (Å²) in [6.45, 7) is 2.49. The largest absolute Gasteiger partial charge is 0.338 e. The monoisotopic (exact) mass is 498 g/mol. The molecule has 9 heteroatoms. The lowest BCUT2D eigenvalue weighted by atomic mass is 9.74. The van der Waals surface area contributed by atoms with Gasteiger partial charge in [-0.2, -0.15) is 5.26 Å². The lowest BCUT2D eigenvalue weighted by Gasteiger charge is -2.37. The second-order valence-corrected chi connectivity index (χ2v) is 9.47. The molecule has 2 saturated heterocycles. The number of piperidine rings is 2. The summed E-state index contributed by atoms with van der Waals surface area (Å²) in [4.78, 5) is 28.7. The molecule has 0 saturated carbocycles. The summed E-state index contributed by atoms with van der Waals surface area (Å²) in [5, 5.41) is 12.6. The number of nitrogens with one attached hydrogen (secondary N) is 1. The number of halogens is 3. The first-order valence-electron chi connectivity index (χ1n) is 12.3. The van der Waals surface area contributed by atoms with Gasteiger partial charge in [0.25, 0.3) is 0 Å². The Kier molecular flexibility index (Phi) is 7.94. The van der Waals surface area contributed by atoms with Crippen molar-refractivity contribution in [3.8, 4) is 6.07 Å². The molecular weight excluding hydrogens is 469 g/mol. The van der Waals surface area contributed by atoms with Gasteiger partial charge in [0, 0.05) is 13.0 Å². The molecular formula is C27H29F3N4O2. The fraction of sp³-hybridized carbons (Fsp3) is 0.444. The zero-order chi connectivity index (χ0) is 25.7. The summed E-state index contributed by atoms with van der Waals surface area (Å²) in [5.41, 5.74) is 0.606. The third-order valence-electron chi connectivity index (χ3n) is 7.24. The van der Waals surface area contributed by atoms with Crippen LogP contribution in [0.15, 0.2) is 42.5 Å². The van der Waals surface area contributed by atoms with Gasteiger partial charge in [-0.1, -0.05) is 18.2 Å². The van der Waals surface area contributed by atoms with Gasteiger partial charge in [0.1, 0.15) is 5.82 Å². The number of rotatable bonds is 6. The fourth-order valence-electron chi connectivity index (χ4n) is 5.14. The highest BCUT2D eigenvalue weighted by Gasteiger charge is 2.37. The van der Waals surface area contributed by atoms with Gasteiger partial charge in [0.2, 0.25) is 5.91 Å². The van der Waals surface area contributed by atoms with Gasteiger partial charge < -0.3 is 10.2 Å². The molecule has 0 aromatic heterocycles. The van der Waals surface area contributed by atoms with Gasteiger partial charge in [-0.05, 0) is 87.1 Å². The summed E-state index contributed by atoms with van der Waals surface area (Å²) in [6.07, 6.45) is 3.23. The molecule has 1 N–H and O–H groups in total. The first-order valence-corrected chi connectivity index (χ1v) is 12.3. The highest BCUT2D eigenvalue weighted by atomic mass is 19.2. The van der Waals surface area contributed by atoms with Crippen LogP contribution in [0.25, 0.3) is 0 Å². The van der Waals surface area contributed by atoms with Crippen LogP contribution in [0.4, 0.5) is 18.0 Å². The Morgan fingerprint density at radius 2 is 1.81 bits per heavy atom. The van der Waals surface area contributed by atoms with Crippen LogP contribution in [0.2, 0.25) is 0 Å². The second-order valence-electron chi connectivity index (χ2n) is 9.47. The van der Waals surface area contributed by atoms with Crippen LogP contribution >= 0.6 is 0 Å². The number of benzene rings is 2. The van der Waals surface area contributed by atoms with E-state index < -0.39 is 29.1 Å². The number of amides is 3. The zero-order valence-corrected chi connectivity index (χ0v) is 20.0. The third kappa shape index (κ3) is 5.54. The highest BCUT2D eigenvalue weighted by Crippen LogP contribution is 2.35. The molecule has 2 fully saturated rings. The summed E-state index contributed by atoms with van der Waals surface area (Å²) in [6, 6.07) is 10.9. The molecule has 0 aliphatic carbocycles. The maximum absolute atomic E-state index is 13.8. The Bertz CT molecular complexity index is 1140. The topological polar surface area (TPSA) is 76.4 Å². The van der Waals surface area contributed by atoms with Gasteiger partial charge in [-0.15, -0.1) is 0 Å². The second kappa shape index (κ2) is 11.1. The Hall–Kier alpha value is -3.38. The van der Waals surface area contributed by atoms with Crippen molar-refractivity contribution < 1.29 is 22.8 Å². The van der Waals surface area contributed by atoms with E-state index in [1.165, 1.54) is 18.2 Å². The van der Waals surface area contributed by atoms with Crippen LogP contribution in [0.5, 0.6) is 0 Å². The van der Waals surface area contributed by atoms with Crippen molar-refractivity contribution in [2.75, 3.05) is 26.2 Å². The summed E-state index contributed by atoms with van der Waals surface area (Å²) >= 11 is 0. The van der Waals surface area contributed by atoms with Crippen LogP contribution in [-0.4, -0.2) is 47.9 Å². The maximum Gasteiger partial charge on any atom is 0.324 e. The van der Waals surface area contributed by atoms with E-state index in [0.29, 0.717) is 63.8 Å². The predicted octanol–water partition coefficient (Wildman–Crippen LogP) is 4.81. The number of urea groups is 1. The molecule has 6 nitrogen and oxygen atoms in total. The summed E-state index contributed by atoms with van der Waals surface area (Å²) in [7, 11) is 0. The standard InChI is InChI=1S/C27H29F3N4O2/c28-21-8-6-20(7-9-21)27(18-31)11-15-33(16-12-27)14-2-13-32-26(36)34-24(3-1-4-25(34)35)19-5-10-22(29)23(30)17-19/h5-10,17,24H,1-4,11-16H2,(H,32,36). The van der Waals surface area contributed by atoms with Crippen LogP contribution in [0.1, 0.15) is 55.7 Å². The normalized spacial score (nSPS) is 20.1. The number of carbonyl (C=O) groups is 2. The van der Waals surface area contributed by atoms with Crippen molar-refractivity contribution in [2.45, 2.75) is 50.0 Å². The molecule has 4 rings (SSSR count). The Balaban J connectivity index is 1.27. The molecule has 0 bridgehead atoms. The smallest absolute Gasteiger partial charge is 0.324 e. The van der Waals surface area contributed by atoms with E-state index in [2.05, 4.69) is 16.3 Å². The lowest BCUT2D eigenvalue weighted by Crippen LogP contribution is -2.48. The molecule has 2 heterocycles. The Labute approximate surface area is 208 Å². The average Bonchev–Trinajstić information content (AvgIpc) is 2.89. The van der Waals surface area contributed by atoms with E-state index in [9.17, 15) is 28.0 Å². The molecule has 0 radical (unpaired) electrons. The van der Waals surface area contributed by atoms with E-state index in [-0.39, 0.29) is 18.1 Å². The van der Waals surface area contributed by atoms with Gasteiger partial charge in [0.15, 0.2) is 11.6 Å². The highest BCUT2D eigenvalue weighted by molar-refractivity contribution is 5.95. The van der Waals surface area contributed by atoms with Crippen molar-refractivity contribution in [3.63, 3.8) is 0 Å². The SMILES string of the molecule is N#CC1(c2ccc(F)cc2)CCN(CCCNC(=O)N2C(=O)CCCC2c2ccc(F)c(F)c2)CC1. The quantitative estimate of drug-likeness (QED) is 0.580. The number of carbonyl (C=O) groups excluding carboxylic acids is 2. The minimum atomic E-state index is -1.01. The zero-order valence-electron chi connectivity index (χ0n) is 20.0. The molecule has 2 aromatic carbocycles. The van der Waals surface area contributed by atoms with Crippen molar-refractivity contribution in [2.24, 2.45) is 0 Å². The van der Waals surface area contributed by atoms with Gasteiger partial charge in [-0.3, -0.25) is 9.69 Å². The number of likely N-dealkylation sites (tertiary alicyclic amines) is 2. The minimum Gasteiger partial charge on any atom is -0.338 e. The number of imide groups is 1. The van der Waals surface area contributed by atoms with Crippen LogP contribution < -0.4 is 5.32 Å². The van der Waals surface area contributed by atoms with Crippen molar-refractivity contribution in [1.82, 2.24) is 15.1 Å². The van der Waals surface area contributed by atoms with E-state index in [4.69, 9.17) is 0 Å². The van der Waals surface area contributed by atoms with E-state index in [0.717, 1.165) is 22.6 Å². The van der Waals surface area contributed by atoms with Crippen LogP contribution in [0, 0.1) is 28.8 Å². The molecule has 36 heavy (non-hydrogen) atoms. The first kappa shape index (κ1) is 25.7. The molecule has 190 valence electrons. The molecule has 1 unspecified atom stereocenters. The van der Waals surface area contributed by atoms with Crippen molar-refractivity contribution in [3.05, 3.63) is 71.0 Å². The van der Waals surface area contributed by atoms with Gasteiger partial charge in [0.05, 0.1) is 17.5 Å². The predicted molar refractivity (Wildman–Crippen MR) is 127 cm³/mol. The molecule has 0 spiro atoms. The van der Waals surface area contributed by atoms with E-state index >= 15 is 0 Å². The van der Waals surface area contributed by atoms with E-state index in [1.54, 1.807) is 12.1 Å². The summed E-state index contributed by atoms with van der Waals surface area (Å²) < 4.78 is 40.4. The minimum absolute atomic E-state index is 0.232. The number of nitrogens with zero attached hydrogens (tertiary/aromatic N) is 3. The van der Waals surface area contributed by atoms with E-state index in [1.807, 2.05) is 0 Å². The van der Waals surface area contributed by atoms with Crippen LogP contribution in [-0.2, 0) is 10.2 Å². The molecule has 3 amide bonds. The van der Waals surface area contributed by atoms with Crippen molar-refractivity contribution >= 4 is 11.9 Å². The van der Waals surface area contributed by atoms with Gasteiger partial charge >= 0.3 is 6.03 Å². The Morgan fingerprint density at radius 1 is 1.08 bits per heavy atom. The average molecular weight is 499 g/mol. The van der Waals surface area contributed by atoms with Gasteiger partial charge in [-0.25, -0.2) is 18.0 Å². The third-order valence-corrected chi connectivity index (χ3v) is 7.24. The maximum atomic E-state index is 13.8. The Morgan fingerprint density at radius 3 is 2.47 bits per heavy atom. The number of hydrogen-bond donors (Lipinski definition) is 1. The molecule has 2 aliphatic rings. The number of hydrogen-bond acceptors (Lipinski definition) is 4. The lowest BCUT2D eigenvalue weighted by molar-refractivity contribution is -0.132. The first-order chi connectivity index (χ1) is 17.3. The summed E-state index contributed by atoms with van der Waals surface area (Å²) in [5.74, 6) is -2.64. The number of nitriles is 1. The van der Waals surface area contributed by atoms with Crippen LogP contribution in [0.3, 0.4) is 0 Å². The van der Waals surface area contributed by atoms with Crippen molar-refractivity contribution in [1.29, 1.82) is 5.26 Å². The molecule has 1 atom stereocenters. The fourth-order valence-corrected chi connectivity index (χ4v) is 5.14.